The lowest BCUT2D eigenvalue weighted by molar-refractivity contribution is 0.456. The molecule has 0 saturated heterocycles. The largest absolute Gasteiger partial charge is 0.352 e. The van der Waals surface area contributed by atoms with Crippen LogP contribution in [0.2, 0.25) is 0 Å². The maximum atomic E-state index is 13.6. The van der Waals surface area contributed by atoms with Crippen LogP contribution in [0.3, 0.4) is 0 Å². The van der Waals surface area contributed by atoms with E-state index in [0.29, 0.717) is 11.3 Å². The van der Waals surface area contributed by atoms with Crippen LogP contribution in [-0.2, 0) is 29.5 Å². The Kier molecular flexibility index (Phi) is 4.70. The van der Waals surface area contributed by atoms with E-state index in [-0.39, 0.29) is 17.3 Å². The third-order valence-corrected chi connectivity index (χ3v) is 5.32. The Balaban J connectivity index is 2.28. The summed E-state index contributed by atoms with van der Waals surface area (Å²) >= 11 is 5.75. The second kappa shape index (κ2) is 6.17. The van der Waals surface area contributed by atoms with Crippen molar-refractivity contribution in [2.24, 2.45) is 7.05 Å². The molecule has 114 valence electrons. The molecule has 0 N–H and O–H groups in total. The van der Waals surface area contributed by atoms with Crippen LogP contribution in [0.4, 0.5) is 4.39 Å². The van der Waals surface area contributed by atoms with Crippen LogP contribution in [0.5, 0.6) is 0 Å². The summed E-state index contributed by atoms with van der Waals surface area (Å²) < 4.78 is 41.4. The zero-order valence-corrected chi connectivity index (χ0v) is 13.3. The fourth-order valence-corrected chi connectivity index (χ4v) is 3.49. The zero-order chi connectivity index (χ0) is 15.6. The lowest BCUT2D eigenvalue weighted by Crippen LogP contribution is -2.26. The van der Waals surface area contributed by atoms with E-state index >= 15 is 0 Å². The van der Waals surface area contributed by atoms with E-state index in [4.69, 9.17) is 11.6 Å². The molecule has 21 heavy (non-hydrogen) atoms. The van der Waals surface area contributed by atoms with Gasteiger partial charge in [-0.05, 0) is 12.1 Å². The van der Waals surface area contributed by atoms with Crippen molar-refractivity contribution in [2.75, 3.05) is 7.05 Å². The smallest absolute Gasteiger partial charge is 0.244 e. The van der Waals surface area contributed by atoms with Crippen LogP contribution in [0, 0.1) is 5.82 Å². The maximum Gasteiger partial charge on any atom is 0.244 e. The van der Waals surface area contributed by atoms with Crippen molar-refractivity contribution < 1.29 is 12.8 Å². The van der Waals surface area contributed by atoms with E-state index < -0.39 is 15.8 Å². The minimum atomic E-state index is -3.68. The number of hydrogen-bond acceptors (Lipinski definition) is 2. The SMILES string of the molecule is CN(Cc1ccccc1F)S(=O)(=O)c1cc(CCl)n(C)c1. The summed E-state index contributed by atoms with van der Waals surface area (Å²) in [5.74, 6) is -0.197. The maximum absolute atomic E-state index is 13.6. The molecule has 0 amide bonds. The highest BCUT2D eigenvalue weighted by Gasteiger charge is 2.23. The van der Waals surface area contributed by atoms with Gasteiger partial charge >= 0.3 is 0 Å². The average molecular weight is 331 g/mol. The first-order valence-electron chi connectivity index (χ1n) is 6.27. The predicted molar refractivity (Wildman–Crippen MR) is 80.0 cm³/mol. The van der Waals surface area contributed by atoms with Crippen molar-refractivity contribution in [3.63, 3.8) is 0 Å². The number of aryl methyl sites for hydroxylation is 1. The topological polar surface area (TPSA) is 42.3 Å². The van der Waals surface area contributed by atoms with E-state index in [9.17, 15) is 12.8 Å². The van der Waals surface area contributed by atoms with Crippen LogP contribution in [-0.4, -0.2) is 24.3 Å². The lowest BCUT2D eigenvalue weighted by atomic mass is 10.2. The first-order valence-corrected chi connectivity index (χ1v) is 8.24. The second-order valence-corrected chi connectivity index (χ2v) is 7.08. The molecule has 2 aromatic rings. The number of hydrogen-bond donors (Lipinski definition) is 0. The molecule has 0 radical (unpaired) electrons. The number of halogens is 2. The molecule has 0 unspecified atom stereocenters. The third-order valence-electron chi connectivity index (χ3n) is 3.28. The molecule has 0 aliphatic heterocycles. The fourth-order valence-electron chi connectivity index (χ4n) is 1.98. The first kappa shape index (κ1) is 16.0. The van der Waals surface area contributed by atoms with Crippen molar-refractivity contribution in [1.82, 2.24) is 8.87 Å². The molecule has 4 nitrogen and oxygen atoms in total. The van der Waals surface area contributed by atoms with Crippen LogP contribution in [0.25, 0.3) is 0 Å². The summed E-state index contributed by atoms with van der Waals surface area (Å²) in [5, 5.41) is 0. The Hall–Kier alpha value is -1.37. The van der Waals surface area contributed by atoms with Crippen LogP contribution in [0.1, 0.15) is 11.3 Å². The van der Waals surface area contributed by atoms with Crippen molar-refractivity contribution in [3.8, 4) is 0 Å². The monoisotopic (exact) mass is 330 g/mol. The Bertz CT molecular complexity index is 743. The Morgan fingerprint density at radius 1 is 1.33 bits per heavy atom. The van der Waals surface area contributed by atoms with Gasteiger partial charge in [-0.2, -0.15) is 4.31 Å². The molecule has 1 heterocycles. The number of benzene rings is 1. The van der Waals surface area contributed by atoms with E-state index in [1.54, 1.807) is 29.8 Å². The normalized spacial score (nSPS) is 12.0. The summed E-state index contributed by atoms with van der Waals surface area (Å²) in [7, 11) is -0.523. The molecule has 2 rings (SSSR count). The molecule has 0 fully saturated rings. The van der Waals surface area contributed by atoms with Gasteiger partial charge in [0.1, 0.15) is 10.7 Å². The third kappa shape index (κ3) is 3.28. The first-order chi connectivity index (χ1) is 9.86. The van der Waals surface area contributed by atoms with Crippen molar-refractivity contribution in [1.29, 1.82) is 0 Å². The van der Waals surface area contributed by atoms with Gasteiger partial charge in [0.2, 0.25) is 10.0 Å². The molecule has 0 bridgehead atoms. The van der Waals surface area contributed by atoms with Gasteiger partial charge in [0, 0.05) is 38.1 Å². The predicted octanol–water partition coefficient (Wildman–Crippen LogP) is 2.72. The van der Waals surface area contributed by atoms with Gasteiger partial charge in [0.25, 0.3) is 0 Å². The summed E-state index contributed by atoms with van der Waals surface area (Å²) in [6, 6.07) is 7.64. The van der Waals surface area contributed by atoms with E-state index in [0.717, 1.165) is 4.31 Å². The second-order valence-electron chi connectivity index (χ2n) is 4.76. The minimum absolute atomic E-state index is 0.0277. The van der Waals surface area contributed by atoms with Crippen LogP contribution < -0.4 is 0 Å². The van der Waals surface area contributed by atoms with Crippen LogP contribution >= 0.6 is 11.6 Å². The summed E-state index contributed by atoms with van der Waals surface area (Å²) in [6.07, 6.45) is 1.50. The Morgan fingerprint density at radius 3 is 2.57 bits per heavy atom. The van der Waals surface area contributed by atoms with Crippen molar-refractivity contribution in [3.05, 3.63) is 53.6 Å². The molecule has 7 heteroatoms. The van der Waals surface area contributed by atoms with Gasteiger partial charge in [-0.25, -0.2) is 12.8 Å². The van der Waals surface area contributed by atoms with Gasteiger partial charge in [0.05, 0.1) is 5.88 Å². The number of rotatable bonds is 5. The van der Waals surface area contributed by atoms with Gasteiger partial charge in [-0.3, -0.25) is 0 Å². The summed E-state index contributed by atoms with van der Waals surface area (Å²) in [5.41, 5.74) is 1.03. The Labute approximate surface area is 128 Å². The van der Waals surface area contributed by atoms with Gasteiger partial charge in [0.15, 0.2) is 0 Å². The van der Waals surface area contributed by atoms with Crippen molar-refractivity contribution >= 4 is 21.6 Å². The summed E-state index contributed by atoms with van der Waals surface area (Å²) in [6.45, 7) is -0.0277. The number of alkyl halides is 1. The average Bonchev–Trinajstić information content (AvgIpc) is 2.83. The van der Waals surface area contributed by atoms with Gasteiger partial charge < -0.3 is 4.57 Å². The molecule has 1 aromatic heterocycles. The molecule has 0 aliphatic rings. The number of nitrogens with zero attached hydrogens (tertiary/aromatic N) is 2. The van der Waals surface area contributed by atoms with Crippen molar-refractivity contribution in [2.45, 2.75) is 17.3 Å². The van der Waals surface area contributed by atoms with Crippen LogP contribution in [0.15, 0.2) is 41.4 Å². The van der Waals surface area contributed by atoms with E-state index in [1.165, 1.54) is 25.4 Å². The quantitative estimate of drug-likeness (QED) is 0.791. The standard InChI is InChI=1S/C14H16ClFN2O2S/c1-17-10-13(7-12(17)8-15)21(19,20)18(2)9-11-5-3-4-6-14(11)16/h3-7,10H,8-9H2,1-2H3. The highest BCUT2D eigenvalue weighted by molar-refractivity contribution is 7.89. The molecular formula is C14H16ClFN2O2S. The fraction of sp³-hybridized carbons (Fsp3) is 0.286. The zero-order valence-electron chi connectivity index (χ0n) is 11.8. The summed E-state index contributed by atoms with van der Waals surface area (Å²) in [4.78, 5) is 0.152. The minimum Gasteiger partial charge on any atom is -0.352 e. The number of aromatic nitrogens is 1. The highest BCUT2D eigenvalue weighted by atomic mass is 35.5. The van der Waals surface area contributed by atoms with Gasteiger partial charge in [-0.1, -0.05) is 18.2 Å². The number of sulfonamides is 1. The Morgan fingerprint density at radius 2 is 2.00 bits per heavy atom. The highest BCUT2D eigenvalue weighted by Crippen LogP contribution is 2.20. The van der Waals surface area contributed by atoms with E-state index in [2.05, 4.69) is 0 Å². The van der Waals surface area contributed by atoms with Gasteiger partial charge in [-0.15, -0.1) is 11.6 Å². The molecular weight excluding hydrogens is 315 g/mol. The van der Waals surface area contributed by atoms with E-state index in [1.807, 2.05) is 0 Å². The molecule has 1 aromatic carbocycles. The molecule has 0 spiro atoms. The molecule has 0 saturated carbocycles. The molecule has 0 atom stereocenters. The molecule has 0 aliphatic carbocycles. The lowest BCUT2D eigenvalue weighted by Gasteiger charge is -2.16.